The summed E-state index contributed by atoms with van der Waals surface area (Å²) in [4.78, 5) is 10.5. The van der Waals surface area contributed by atoms with E-state index in [1.165, 1.54) is 12.1 Å². The Balaban J connectivity index is 2.79. The van der Waals surface area contributed by atoms with E-state index in [-0.39, 0.29) is 0 Å². The van der Waals surface area contributed by atoms with Crippen LogP contribution in [0, 0.1) is 0 Å². The summed E-state index contributed by atoms with van der Waals surface area (Å²) in [7, 11) is 0. The van der Waals surface area contributed by atoms with Gasteiger partial charge in [0.05, 0.1) is 0 Å². The van der Waals surface area contributed by atoms with Gasteiger partial charge in [0.25, 0.3) is 0 Å². The Morgan fingerprint density at radius 2 is 1.80 bits per heavy atom. The molecule has 1 nitrogen and oxygen atoms in total. The van der Waals surface area contributed by atoms with Gasteiger partial charge < -0.3 is 0 Å². The van der Waals surface area contributed by atoms with Gasteiger partial charge in [0.15, 0.2) is 5.43 Å². The van der Waals surface area contributed by atoms with Gasteiger partial charge in [0, 0.05) is 16.2 Å². The maximum Gasteiger partial charge on any atom is 0.425 e. The van der Waals surface area contributed by atoms with Crippen LogP contribution in [0.4, 0.5) is 13.2 Å². The lowest BCUT2D eigenvalue weighted by molar-refractivity contribution is -0.134. The van der Waals surface area contributed by atoms with Crippen LogP contribution < -0.4 is 5.43 Å². The molecular weight excluding hydrogens is 225 g/mol. The van der Waals surface area contributed by atoms with E-state index >= 15 is 0 Å². The van der Waals surface area contributed by atoms with E-state index in [4.69, 9.17) is 0 Å². The van der Waals surface area contributed by atoms with Crippen molar-refractivity contribution in [1.29, 1.82) is 0 Å². The molecule has 2 aromatic rings. The first-order valence-electron chi connectivity index (χ1n) is 4.08. The standard InChI is InChI=1S/C10H5F3OS/c11-10(12,13)9-5-7(14)6-3-1-2-4-8(6)15-9/h1-5H. The zero-order valence-corrected chi connectivity index (χ0v) is 8.15. The zero-order chi connectivity index (χ0) is 11.1. The molecule has 0 saturated carbocycles. The minimum atomic E-state index is -4.45. The van der Waals surface area contributed by atoms with Crippen molar-refractivity contribution in [3.63, 3.8) is 0 Å². The monoisotopic (exact) mass is 230 g/mol. The van der Waals surface area contributed by atoms with Gasteiger partial charge in [0.1, 0.15) is 4.88 Å². The van der Waals surface area contributed by atoms with E-state index in [0.717, 1.165) is 0 Å². The normalized spacial score (nSPS) is 11.9. The predicted molar refractivity (Wildman–Crippen MR) is 53.1 cm³/mol. The van der Waals surface area contributed by atoms with Gasteiger partial charge in [-0.1, -0.05) is 12.1 Å². The first-order chi connectivity index (χ1) is 6.98. The fourth-order valence-corrected chi connectivity index (χ4v) is 2.19. The van der Waals surface area contributed by atoms with E-state index in [0.29, 0.717) is 27.5 Å². The van der Waals surface area contributed by atoms with Crippen LogP contribution >= 0.6 is 11.3 Å². The minimum Gasteiger partial charge on any atom is -0.289 e. The molecule has 5 heteroatoms. The van der Waals surface area contributed by atoms with Crippen molar-refractivity contribution >= 4 is 21.4 Å². The molecule has 0 atom stereocenters. The third-order valence-corrected chi connectivity index (χ3v) is 3.06. The first-order valence-corrected chi connectivity index (χ1v) is 4.90. The van der Waals surface area contributed by atoms with E-state index in [9.17, 15) is 18.0 Å². The van der Waals surface area contributed by atoms with Crippen LogP contribution in [0.2, 0.25) is 0 Å². The van der Waals surface area contributed by atoms with Crippen molar-refractivity contribution < 1.29 is 13.2 Å². The average Bonchev–Trinajstić information content (AvgIpc) is 2.16. The van der Waals surface area contributed by atoms with Crippen LogP contribution in [-0.4, -0.2) is 0 Å². The van der Waals surface area contributed by atoms with Gasteiger partial charge in [-0.2, -0.15) is 13.2 Å². The van der Waals surface area contributed by atoms with Crippen molar-refractivity contribution in [2.75, 3.05) is 0 Å². The Bertz CT molecular complexity index is 556. The fourth-order valence-electron chi connectivity index (χ4n) is 1.24. The topological polar surface area (TPSA) is 17.1 Å². The summed E-state index contributed by atoms with van der Waals surface area (Å²) >= 11 is 0.583. The van der Waals surface area contributed by atoms with E-state index in [1.807, 2.05) is 0 Å². The van der Waals surface area contributed by atoms with Gasteiger partial charge in [-0.15, -0.1) is 11.3 Å². The van der Waals surface area contributed by atoms with Crippen LogP contribution in [0.5, 0.6) is 0 Å². The Morgan fingerprint density at radius 3 is 2.47 bits per heavy atom. The Kier molecular flexibility index (Phi) is 2.26. The number of halogens is 3. The summed E-state index contributed by atoms with van der Waals surface area (Å²) in [6.45, 7) is 0. The molecule has 2 rings (SSSR count). The maximum absolute atomic E-state index is 12.4. The third kappa shape index (κ3) is 1.87. The number of hydrogen-bond donors (Lipinski definition) is 0. The van der Waals surface area contributed by atoms with Crippen LogP contribution in [0.25, 0.3) is 10.1 Å². The quantitative estimate of drug-likeness (QED) is 0.678. The molecule has 15 heavy (non-hydrogen) atoms. The van der Waals surface area contributed by atoms with Crippen LogP contribution in [0.1, 0.15) is 4.88 Å². The SMILES string of the molecule is O=c1cc(C(F)(F)F)sc2ccccc12. The van der Waals surface area contributed by atoms with Gasteiger partial charge in [-0.25, -0.2) is 0 Å². The highest BCUT2D eigenvalue weighted by Crippen LogP contribution is 2.33. The molecule has 0 aliphatic heterocycles. The third-order valence-electron chi connectivity index (χ3n) is 1.91. The smallest absolute Gasteiger partial charge is 0.289 e. The summed E-state index contributed by atoms with van der Waals surface area (Å²) < 4.78 is 37.5. The number of alkyl halides is 3. The fraction of sp³-hybridized carbons (Fsp3) is 0.100. The summed E-state index contributed by atoms with van der Waals surface area (Å²) in [6.07, 6.45) is -4.45. The van der Waals surface area contributed by atoms with Gasteiger partial charge in [0.2, 0.25) is 0 Å². The molecule has 0 saturated heterocycles. The molecule has 78 valence electrons. The molecule has 1 aromatic carbocycles. The number of fused-ring (bicyclic) bond motifs is 1. The van der Waals surface area contributed by atoms with Crippen molar-refractivity contribution in [2.45, 2.75) is 6.18 Å². The molecule has 1 aromatic heterocycles. The minimum absolute atomic E-state index is 0.329. The van der Waals surface area contributed by atoms with Crippen molar-refractivity contribution in [2.24, 2.45) is 0 Å². The van der Waals surface area contributed by atoms with E-state index < -0.39 is 16.5 Å². The lowest BCUT2D eigenvalue weighted by Crippen LogP contribution is -2.08. The lowest BCUT2D eigenvalue weighted by atomic mass is 10.2. The van der Waals surface area contributed by atoms with Crippen LogP contribution in [0.15, 0.2) is 35.1 Å². The van der Waals surface area contributed by atoms with Crippen LogP contribution in [-0.2, 0) is 6.18 Å². The highest BCUT2D eigenvalue weighted by atomic mass is 32.1. The summed E-state index contributed by atoms with van der Waals surface area (Å²) in [5, 5.41) is 0.329. The van der Waals surface area contributed by atoms with Gasteiger partial charge in [-0.3, -0.25) is 4.79 Å². The molecule has 0 aliphatic carbocycles. The van der Waals surface area contributed by atoms with Gasteiger partial charge >= 0.3 is 6.18 Å². The lowest BCUT2D eigenvalue weighted by Gasteiger charge is -2.05. The van der Waals surface area contributed by atoms with Crippen LogP contribution in [0.3, 0.4) is 0 Å². The molecule has 0 amide bonds. The summed E-state index contributed by atoms with van der Waals surface area (Å²) in [5.74, 6) is 0. The Morgan fingerprint density at radius 1 is 1.13 bits per heavy atom. The van der Waals surface area contributed by atoms with E-state index in [1.54, 1.807) is 12.1 Å². The Hall–Kier alpha value is -1.36. The Labute approximate surface area is 86.8 Å². The molecular formula is C10H5F3OS. The highest BCUT2D eigenvalue weighted by molar-refractivity contribution is 7.18. The molecule has 0 spiro atoms. The summed E-state index contributed by atoms with van der Waals surface area (Å²) in [5.41, 5.74) is -0.586. The highest BCUT2D eigenvalue weighted by Gasteiger charge is 2.32. The molecule has 0 N–H and O–H groups in total. The van der Waals surface area contributed by atoms with Crippen molar-refractivity contribution in [3.8, 4) is 0 Å². The van der Waals surface area contributed by atoms with Gasteiger partial charge in [-0.05, 0) is 12.1 Å². The number of rotatable bonds is 0. The largest absolute Gasteiger partial charge is 0.425 e. The molecule has 0 radical (unpaired) electrons. The number of benzene rings is 1. The molecule has 0 aliphatic rings. The van der Waals surface area contributed by atoms with Crippen molar-refractivity contribution in [1.82, 2.24) is 0 Å². The van der Waals surface area contributed by atoms with Crippen molar-refractivity contribution in [3.05, 3.63) is 45.4 Å². The second-order valence-electron chi connectivity index (χ2n) is 2.97. The second kappa shape index (κ2) is 3.34. The first kappa shape index (κ1) is 10.2. The average molecular weight is 230 g/mol. The predicted octanol–water partition coefficient (Wildman–Crippen LogP) is 3.28. The molecule has 0 unspecified atom stereocenters. The molecule has 0 bridgehead atoms. The number of hydrogen-bond acceptors (Lipinski definition) is 2. The zero-order valence-electron chi connectivity index (χ0n) is 7.34. The molecule has 1 heterocycles. The summed E-state index contributed by atoms with van der Waals surface area (Å²) in [6, 6.07) is 6.92. The molecule has 0 fully saturated rings. The second-order valence-corrected chi connectivity index (χ2v) is 4.05. The maximum atomic E-state index is 12.4. The van der Waals surface area contributed by atoms with E-state index in [2.05, 4.69) is 0 Å².